The Morgan fingerprint density at radius 1 is 1.44 bits per heavy atom. The molecule has 1 saturated heterocycles. The fourth-order valence-corrected chi connectivity index (χ4v) is 2.42. The molecule has 0 spiro atoms. The molecule has 102 valence electrons. The molecule has 0 atom stereocenters. The second-order valence-electron chi connectivity index (χ2n) is 4.31. The molecular weight excluding hydrogens is 250 g/mol. The van der Waals surface area contributed by atoms with Crippen molar-refractivity contribution in [1.82, 2.24) is 15.5 Å². The Morgan fingerprint density at radius 2 is 2.28 bits per heavy atom. The Hall–Kier alpha value is -0.590. The van der Waals surface area contributed by atoms with Gasteiger partial charge in [0.1, 0.15) is 0 Å². The summed E-state index contributed by atoms with van der Waals surface area (Å²) in [6.45, 7) is 4.92. The first-order valence-corrected chi connectivity index (χ1v) is 7.75. The lowest BCUT2D eigenvalue weighted by atomic mass is 10.1. The highest BCUT2D eigenvalue weighted by Crippen LogP contribution is 2.10. The minimum absolute atomic E-state index is 0.393. The molecule has 0 radical (unpaired) electrons. The van der Waals surface area contributed by atoms with Gasteiger partial charge in [0, 0.05) is 0 Å². The molecule has 0 aliphatic carbocycles. The summed E-state index contributed by atoms with van der Waals surface area (Å²) in [6.07, 6.45) is 3.31. The number of hydrogen-bond acceptors (Lipinski definition) is 6. The number of rotatable bonds is 7. The predicted molar refractivity (Wildman–Crippen MR) is 71.7 cm³/mol. The molecule has 1 aromatic rings. The third kappa shape index (κ3) is 4.59. The molecule has 1 aliphatic rings. The smallest absolute Gasteiger partial charge is 0.228 e. The maximum atomic E-state index is 5.80. The van der Waals surface area contributed by atoms with Crippen LogP contribution in [0.1, 0.15) is 31.5 Å². The average molecular weight is 271 g/mol. The highest BCUT2D eigenvalue weighted by Gasteiger charge is 2.13. The molecule has 2 rings (SSSR count). The molecule has 6 heteroatoms. The average Bonchev–Trinajstić information content (AvgIpc) is 2.85. The zero-order valence-electron chi connectivity index (χ0n) is 10.9. The van der Waals surface area contributed by atoms with Crippen molar-refractivity contribution in [3.8, 4) is 0 Å². The molecule has 0 aromatic carbocycles. The Balaban J connectivity index is 1.64. The quantitative estimate of drug-likeness (QED) is 0.813. The van der Waals surface area contributed by atoms with Gasteiger partial charge in [0.15, 0.2) is 5.82 Å². The molecule has 0 unspecified atom stereocenters. The highest BCUT2D eigenvalue weighted by molar-refractivity contribution is 7.98. The summed E-state index contributed by atoms with van der Waals surface area (Å²) in [5.74, 6) is 3.38. The summed E-state index contributed by atoms with van der Waals surface area (Å²) in [4.78, 5) is 4.34. The van der Waals surface area contributed by atoms with Crippen molar-refractivity contribution in [2.24, 2.45) is 0 Å². The molecular formula is C12H21N3O2S. The van der Waals surface area contributed by atoms with E-state index in [1.54, 1.807) is 11.8 Å². The van der Waals surface area contributed by atoms with Gasteiger partial charge < -0.3 is 14.6 Å². The van der Waals surface area contributed by atoms with E-state index in [2.05, 4.69) is 22.4 Å². The summed E-state index contributed by atoms with van der Waals surface area (Å²) in [5, 5.41) is 7.27. The van der Waals surface area contributed by atoms with Crippen molar-refractivity contribution < 1.29 is 9.26 Å². The van der Waals surface area contributed by atoms with Crippen molar-refractivity contribution >= 4 is 11.8 Å². The molecule has 0 saturated carbocycles. The summed E-state index contributed by atoms with van der Waals surface area (Å²) in [6, 6.07) is 0. The Labute approximate surface area is 112 Å². The van der Waals surface area contributed by atoms with Crippen molar-refractivity contribution in [1.29, 1.82) is 0 Å². The SMILES string of the molecule is CCSCc1noc(CCOC2CCNCC2)n1. The summed E-state index contributed by atoms with van der Waals surface area (Å²) in [5.41, 5.74) is 0. The Kier molecular flexibility index (Phi) is 5.96. The van der Waals surface area contributed by atoms with Crippen molar-refractivity contribution in [3.63, 3.8) is 0 Å². The van der Waals surface area contributed by atoms with Crippen LogP contribution < -0.4 is 5.32 Å². The molecule has 5 nitrogen and oxygen atoms in total. The van der Waals surface area contributed by atoms with Crippen LogP contribution in [0.4, 0.5) is 0 Å². The zero-order chi connectivity index (χ0) is 12.6. The minimum Gasteiger partial charge on any atom is -0.378 e. The van der Waals surface area contributed by atoms with Gasteiger partial charge in [0.2, 0.25) is 5.89 Å². The van der Waals surface area contributed by atoms with E-state index in [0.29, 0.717) is 25.0 Å². The van der Waals surface area contributed by atoms with Gasteiger partial charge >= 0.3 is 0 Å². The molecule has 0 amide bonds. The second kappa shape index (κ2) is 7.76. The summed E-state index contributed by atoms with van der Waals surface area (Å²) in [7, 11) is 0. The van der Waals surface area contributed by atoms with Crippen LogP contribution in [0, 0.1) is 0 Å². The van der Waals surface area contributed by atoms with E-state index in [1.165, 1.54) is 0 Å². The Bertz CT molecular complexity index is 340. The van der Waals surface area contributed by atoms with Gasteiger partial charge in [-0.15, -0.1) is 0 Å². The maximum absolute atomic E-state index is 5.80. The van der Waals surface area contributed by atoms with Gasteiger partial charge in [0.05, 0.1) is 24.9 Å². The summed E-state index contributed by atoms with van der Waals surface area (Å²) < 4.78 is 11.0. The van der Waals surface area contributed by atoms with E-state index in [4.69, 9.17) is 9.26 Å². The first-order chi connectivity index (χ1) is 8.88. The number of thioether (sulfide) groups is 1. The van der Waals surface area contributed by atoms with E-state index in [-0.39, 0.29) is 0 Å². The van der Waals surface area contributed by atoms with Gasteiger partial charge in [-0.25, -0.2) is 0 Å². The fraction of sp³-hybridized carbons (Fsp3) is 0.833. The van der Waals surface area contributed by atoms with Crippen LogP contribution in [0.25, 0.3) is 0 Å². The van der Waals surface area contributed by atoms with Crippen LogP contribution >= 0.6 is 11.8 Å². The van der Waals surface area contributed by atoms with Gasteiger partial charge in [-0.05, 0) is 31.7 Å². The molecule has 18 heavy (non-hydrogen) atoms. The van der Waals surface area contributed by atoms with Crippen LogP contribution in [-0.2, 0) is 16.9 Å². The van der Waals surface area contributed by atoms with E-state index in [9.17, 15) is 0 Å². The first-order valence-electron chi connectivity index (χ1n) is 6.60. The lowest BCUT2D eigenvalue weighted by Crippen LogP contribution is -2.32. The normalized spacial score (nSPS) is 17.2. The number of piperidine rings is 1. The monoisotopic (exact) mass is 271 g/mol. The fourth-order valence-electron chi connectivity index (χ4n) is 1.92. The third-order valence-electron chi connectivity index (χ3n) is 2.90. The van der Waals surface area contributed by atoms with Crippen LogP contribution in [0.15, 0.2) is 4.52 Å². The lowest BCUT2D eigenvalue weighted by Gasteiger charge is -2.22. The van der Waals surface area contributed by atoms with Crippen LogP contribution in [0.2, 0.25) is 0 Å². The van der Waals surface area contributed by atoms with Gasteiger partial charge in [0.25, 0.3) is 0 Å². The maximum Gasteiger partial charge on any atom is 0.228 e. The third-order valence-corrected chi connectivity index (χ3v) is 3.77. The van der Waals surface area contributed by atoms with Crippen LogP contribution in [0.5, 0.6) is 0 Å². The van der Waals surface area contributed by atoms with Crippen molar-refractivity contribution in [2.45, 2.75) is 38.0 Å². The van der Waals surface area contributed by atoms with E-state index in [0.717, 1.165) is 43.3 Å². The number of nitrogens with one attached hydrogen (secondary N) is 1. The molecule has 1 aliphatic heterocycles. The second-order valence-corrected chi connectivity index (χ2v) is 5.59. The van der Waals surface area contributed by atoms with E-state index < -0.39 is 0 Å². The number of nitrogens with zero attached hydrogens (tertiary/aromatic N) is 2. The van der Waals surface area contributed by atoms with Gasteiger partial charge in [-0.2, -0.15) is 16.7 Å². The minimum atomic E-state index is 0.393. The van der Waals surface area contributed by atoms with Crippen molar-refractivity contribution in [3.05, 3.63) is 11.7 Å². The van der Waals surface area contributed by atoms with Gasteiger partial charge in [-0.1, -0.05) is 12.1 Å². The van der Waals surface area contributed by atoms with E-state index >= 15 is 0 Å². The number of aromatic nitrogens is 2. The largest absolute Gasteiger partial charge is 0.378 e. The van der Waals surface area contributed by atoms with Crippen molar-refractivity contribution in [2.75, 3.05) is 25.4 Å². The van der Waals surface area contributed by atoms with Gasteiger partial charge in [-0.3, -0.25) is 0 Å². The first kappa shape index (κ1) is 13.8. The molecule has 1 N–H and O–H groups in total. The number of hydrogen-bond donors (Lipinski definition) is 1. The Morgan fingerprint density at radius 3 is 3.06 bits per heavy atom. The van der Waals surface area contributed by atoms with E-state index in [1.807, 2.05) is 0 Å². The highest BCUT2D eigenvalue weighted by atomic mass is 32.2. The number of ether oxygens (including phenoxy) is 1. The zero-order valence-corrected chi connectivity index (χ0v) is 11.7. The molecule has 0 bridgehead atoms. The molecule has 1 aromatic heterocycles. The predicted octanol–water partition coefficient (Wildman–Crippen LogP) is 1.63. The molecule has 2 heterocycles. The lowest BCUT2D eigenvalue weighted by molar-refractivity contribution is 0.0322. The topological polar surface area (TPSA) is 60.2 Å². The standard InChI is InChI=1S/C12H21N3O2S/c1-2-18-9-11-14-12(17-15-11)5-8-16-10-3-6-13-7-4-10/h10,13H,2-9H2,1H3. The summed E-state index contributed by atoms with van der Waals surface area (Å²) >= 11 is 1.80. The molecule has 1 fully saturated rings. The van der Waals surface area contributed by atoms with Crippen LogP contribution in [0.3, 0.4) is 0 Å². The van der Waals surface area contributed by atoms with Crippen LogP contribution in [-0.4, -0.2) is 41.7 Å².